The fraction of sp³-hybridized carbons (Fsp3) is 0.391. The van der Waals surface area contributed by atoms with Crippen molar-refractivity contribution in [2.24, 2.45) is 5.92 Å². The van der Waals surface area contributed by atoms with Crippen molar-refractivity contribution in [2.75, 3.05) is 26.2 Å². The highest BCUT2D eigenvalue weighted by molar-refractivity contribution is 6.30. The van der Waals surface area contributed by atoms with Gasteiger partial charge in [0.05, 0.1) is 24.2 Å². The van der Waals surface area contributed by atoms with E-state index in [1.54, 1.807) is 24.3 Å². The first-order chi connectivity index (χ1) is 16.5. The largest absolute Gasteiger partial charge is 0.421 e. The normalized spacial score (nSPS) is 18.5. The van der Waals surface area contributed by atoms with Gasteiger partial charge in [0.15, 0.2) is 0 Å². The fourth-order valence-corrected chi connectivity index (χ4v) is 3.96. The summed E-state index contributed by atoms with van der Waals surface area (Å²) in [6.07, 6.45) is -10.4. The van der Waals surface area contributed by atoms with E-state index in [0.717, 1.165) is 12.1 Å². The van der Waals surface area contributed by atoms with Crippen LogP contribution in [0.25, 0.3) is 11.5 Å². The molecule has 35 heavy (non-hydrogen) atoms. The van der Waals surface area contributed by atoms with Crippen LogP contribution in [0.1, 0.15) is 23.1 Å². The van der Waals surface area contributed by atoms with Gasteiger partial charge in [0, 0.05) is 36.6 Å². The smallest absolute Gasteiger partial charge is 0.416 e. The number of rotatable bonds is 6. The minimum Gasteiger partial charge on any atom is -0.421 e. The summed E-state index contributed by atoms with van der Waals surface area (Å²) < 4.78 is 91.7. The van der Waals surface area contributed by atoms with Crippen LogP contribution in [0.2, 0.25) is 5.02 Å². The minimum atomic E-state index is -4.56. The molecule has 0 saturated carbocycles. The molecule has 2 unspecified atom stereocenters. The second kappa shape index (κ2) is 10.2. The Bertz CT molecular complexity index is 1130. The molecule has 1 aliphatic rings. The molecular formula is C23H20ClF6N3O2. The quantitative estimate of drug-likeness (QED) is 0.363. The zero-order valence-electron chi connectivity index (χ0n) is 18.1. The highest BCUT2D eigenvalue weighted by atomic mass is 35.5. The first-order valence-corrected chi connectivity index (χ1v) is 11.0. The van der Waals surface area contributed by atoms with Crippen LogP contribution in [-0.4, -0.2) is 47.5 Å². The van der Waals surface area contributed by atoms with Gasteiger partial charge < -0.3 is 9.15 Å². The Hall–Kier alpha value is -2.63. The Balaban J connectivity index is 1.45. The van der Waals surface area contributed by atoms with Crippen LogP contribution in [0.5, 0.6) is 0 Å². The Morgan fingerprint density at radius 2 is 1.77 bits per heavy atom. The molecule has 1 aromatic heterocycles. The molecule has 0 amide bonds. The van der Waals surface area contributed by atoms with Gasteiger partial charge >= 0.3 is 12.4 Å². The average molecular weight is 520 g/mol. The van der Waals surface area contributed by atoms with Crippen molar-refractivity contribution in [1.82, 2.24) is 15.1 Å². The maximum Gasteiger partial charge on any atom is 0.416 e. The number of hydrogen-bond acceptors (Lipinski definition) is 5. The van der Waals surface area contributed by atoms with Crippen molar-refractivity contribution in [3.63, 3.8) is 0 Å². The van der Waals surface area contributed by atoms with Crippen LogP contribution >= 0.6 is 11.6 Å². The van der Waals surface area contributed by atoms with E-state index >= 15 is 0 Å². The molecule has 0 N–H and O–H groups in total. The Morgan fingerprint density at radius 3 is 2.46 bits per heavy atom. The summed E-state index contributed by atoms with van der Waals surface area (Å²) in [4.78, 5) is 1.53. The number of ether oxygens (including phenoxy) is 1. The summed E-state index contributed by atoms with van der Waals surface area (Å²) >= 11 is 5.84. The first-order valence-electron chi connectivity index (χ1n) is 10.6. The van der Waals surface area contributed by atoms with Gasteiger partial charge in [0.1, 0.15) is 0 Å². The lowest BCUT2D eigenvalue weighted by molar-refractivity contribution is -0.183. The lowest BCUT2D eigenvalue weighted by Gasteiger charge is -2.35. The zero-order valence-corrected chi connectivity index (χ0v) is 18.9. The highest BCUT2D eigenvalue weighted by Crippen LogP contribution is 2.34. The van der Waals surface area contributed by atoms with Crippen molar-refractivity contribution in [2.45, 2.75) is 24.9 Å². The van der Waals surface area contributed by atoms with E-state index in [1.807, 2.05) is 0 Å². The summed E-state index contributed by atoms with van der Waals surface area (Å²) in [5.74, 6) is -1.91. The molecule has 188 valence electrons. The van der Waals surface area contributed by atoms with Gasteiger partial charge in [0.2, 0.25) is 11.8 Å². The predicted octanol–water partition coefficient (Wildman–Crippen LogP) is 6.20. The standard InChI is InChI=1S/C23H20ClF6N3O2/c24-18-6-4-14(5-7-18)21-32-31-20(35-21)11-17(23(28,29)30)12-33-8-9-34-19(13-33)15-2-1-3-16(10-15)22(25,26)27/h1-7,10,17,19H,8-9,11-13H2. The average Bonchev–Trinajstić information content (AvgIpc) is 3.27. The van der Waals surface area contributed by atoms with Gasteiger partial charge in [-0.05, 0) is 42.0 Å². The minimum absolute atomic E-state index is 0.0216. The second-order valence-corrected chi connectivity index (χ2v) is 8.63. The number of morpholine rings is 1. The van der Waals surface area contributed by atoms with Gasteiger partial charge in [-0.15, -0.1) is 10.2 Å². The summed E-state index contributed by atoms with van der Waals surface area (Å²) in [5, 5.41) is 8.07. The van der Waals surface area contributed by atoms with E-state index < -0.39 is 36.4 Å². The zero-order chi connectivity index (χ0) is 25.2. The molecule has 5 nitrogen and oxygen atoms in total. The number of benzene rings is 2. The SMILES string of the molecule is FC(F)(F)c1cccc(C2CN(CC(Cc3nnc(-c4ccc(Cl)cc4)o3)C(F)(F)F)CCO2)c1. The highest BCUT2D eigenvalue weighted by Gasteiger charge is 2.42. The third kappa shape index (κ3) is 6.53. The fourth-order valence-electron chi connectivity index (χ4n) is 3.84. The maximum absolute atomic E-state index is 13.9. The lowest BCUT2D eigenvalue weighted by Crippen LogP contribution is -2.44. The van der Waals surface area contributed by atoms with Gasteiger partial charge in [-0.25, -0.2) is 0 Å². The molecule has 2 aromatic carbocycles. The van der Waals surface area contributed by atoms with E-state index in [0.29, 0.717) is 10.6 Å². The monoisotopic (exact) mass is 519 g/mol. The maximum atomic E-state index is 13.9. The number of nitrogens with zero attached hydrogens (tertiary/aromatic N) is 3. The molecule has 1 aliphatic heterocycles. The van der Waals surface area contributed by atoms with Gasteiger partial charge in [-0.3, -0.25) is 4.90 Å². The molecular weight excluding hydrogens is 500 g/mol. The van der Waals surface area contributed by atoms with Crippen LogP contribution in [-0.2, 0) is 17.3 Å². The van der Waals surface area contributed by atoms with Crippen molar-refractivity contribution >= 4 is 11.6 Å². The van der Waals surface area contributed by atoms with Crippen LogP contribution in [0, 0.1) is 5.92 Å². The van der Waals surface area contributed by atoms with E-state index in [9.17, 15) is 26.3 Å². The van der Waals surface area contributed by atoms with Crippen molar-refractivity contribution in [3.05, 3.63) is 70.6 Å². The van der Waals surface area contributed by atoms with Crippen molar-refractivity contribution < 1.29 is 35.5 Å². The Labute approximate surface area is 201 Å². The van der Waals surface area contributed by atoms with Gasteiger partial charge in [-0.2, -0.15) is 26.3 Å². The van der Waals surface area contributed by atoms with Crippen molar-refractivity contribution in [1.29, 1.82) is 0 Å². The molecule has 1 saturated heterocycles. The molecule has 3 aromatic rings. The Kier molecular flexibility index (Phi) is 7.39. The van der Waals surface area contributed by atoms with Crippen LogP contribution in [0.15, 0.2) is 52.9 Å². The molecule has 12 heteroatoms. The molecule has 0 aliphatic carbocycles. The molecule has 2 atom stereocenters. The summed E-state index contributed by atoms with van der Waals surface area (Å²) in [6, 6.07) is 11.1. The second-order valence-electron chi connectivity index (χ2n) is 8.19. The molecule has 0 spiro atoms. The topological polar surface area (TPSA) is 51.4 Å². The summed E-state index contributed by atoms with van der Waals surface area (Å²) in [7, 11) is 0. The van der Waals surface area contributed by atoms with Crippen LogP contribution in [0.3, 0.4) is 0 Å². The molecule has 0 radical (unpaired) electrons. The molecule has 2 heterocycles. The first kappa shape index (κ1) is 25.5. The van der Waals surface area contributed by atoms with Crippen LogP contribution < -0.4 is 0 Å². The number of hydrogen-bond donors (Lipinski definition) is 0. The Morgan fingerprint density at radius 1 is 1.03 bits per heavy atom. The summed E-state index contributed by atoms with van der Waals surface area (Å²) in [6.45, 7) is -0.0661. The third-order valence-electron chi connectivity index (χ3n) is 5.66. The van der Waals surface area contributed by atoms with E-state index in [1.165, 1.54) is 17.0 Å². The van der Waals surface area contributed by atoms with Gasteiger partial charge in [0.25, 0.3) is 0 Å². The third-order valence-corrected chi connectivity index (χ3v) is 5.91. The molecule has 4 rings (SSSR count). The predicted molar refractivity (Wildman–Crippen MR) is 115 cm³/mol. The molecule has 1 fully saturated rings. The van der Waals surface area contributed by atoms with Crippen LogP contribution in [0.4, 0.5) is 26.3 Å². The number of aromatic nitrogens is 2. The van der Waals surface area contributed by atoms with E-state index in [4.69, 9.17) is 20.8 Å². The number of halogens is 7. The lowest BCUT2D eigenvalue weighted by atomic mass is 10.0. The molecule has 0 bridgehead atoms. The van der Waals surface area contributed by atoms with Gasteiger partial charge in [-0.1, -0.05) is 23.7 Å². The summed E-state index contributed by atoms with van der Waals surface area (Å²) in [5.41, 5.74) is -0.0526. The van der Waals surface area contributed by atoms with Crippen molar-refractivity contribution in [3.8, 4) is 11.5 Å². The van der Waals surface area contributed by atoms with E-state index in [2.05, 4.69) is 10.2 Å². The van der Waals surface area contributed by atoms with E-state index in [-0.39, 0.29) is 43.6 Å². The number of alkyl halides is 6.